The molecule has 106 valence electrons. The van der Waals surface area contributed by atoms with Gasteiger partial charge in [0.2, 0.25) is 5.60 Å². The number of ether oxygens (including phenoxy) is 1. The van der Waals surface area contributed by atoms with Crippen molar-refractivity contribution < 1.29 is 14.3 Å². The van der Waals surface area contributed by atoms with Gasteiger partial charge in [-0.25, -0.2) is 4.79 Å². The van der Waals surface area contributed by atoms with Gasteiger partial charge in [-0.3, -0.25) is 4.79 Å². The molecule has 0 aliphatic carbocycles. The van der Waals surface area contributed by atoms with Crippen molar-refractivity contribution in [2.45, 2.75) is 36.2 Å². The minimum Gasteiger partial charge on any atom is -0.446 e. The van der Waals surface area contributed by atoms with Crippen LogP contribution in [0.25, 0.3) is 0 Å². The number of nitrogens with zero attached hydrogens (tertiary/aromatic N) is 1. The molecule has 3 rings (SSSR count). The van der Waals surface area contributed by atoms with Crippen LogP contribution in [0.5, 0.6) is 0 Å². The SMILES string of the molecule is C[C@@]1([C@@H](Br)c2ccccc2)OC(=O)[C@@H]2CCCN2C1=O. The molecule has 1 aromatic carbocycles. The number of hydrogen-bond donors (Lipinski definition) is 0. The average molecular weight is 338 g/mol. The normalized spacial score (nSPS) is 30.9. The molecule has 0 bridgehead atoms. The Morgan fingerprint density at radius 2 is 2.05 bits per heavy atom. The largest absolute Gasteiger partial charge is 0.446 e. The molecule has 2 aliphatic heterocycles. The van der Waals surface area contributed by atoms with Crippen LogP contribution in [0.4, 0.5) is 0 Å². The zero-order valence-electron chi connectivity index (χ0n) is 11.2. The monoisotopic (exact) mass is 337 g/mol. The fourth-order valence-electron chi connectivity index (χ4n) is 2.96. The highest BCUT2D eigenvalue weighted by Gasteiger charge is 2.55. The van der Waals surface area contributed by atoms with Crippen molar-refractivity contribution in [1.29, 1.82) is 0 Å². The van der Waals surface area contributed by atoms with Gasteiger partial charge in [0, 0.05) is 6.54 Å². The number of hydrogen-bond acceptors (Lipinski definition) is 3. The molecule has 1 amide bonds. The van der Waals surface area contributed by atoms with E-state index in [9.17, 15) is 9.59 Å². The molecule has 0 saturated carbocycles. The summed E-state index contributed by atoms with van der Waals surface area (Å²) < 4.78 is 5.54. The fraction of sp³-hybridized carbons (Fsp3) is 0.467. The highest BCUT2D eigenvalue weighted by atomic mass is 79.9. The number of halogens is 1. The molecule has 2 fully saturated rings. The van der Waals surface area contributed by atoms with Crippen LogP contribution >= 0.6 is 15.9 Å². The Kier molecular flexibility index (Phi) is 3.32. The van der Waals surface area contributed by atoms with Gasteiger partial charge >= 0.3 is 5.97 Å². The molecular formula is C15H16BrNO3. The quantitative estimate of drug-likeness (QED) is 0.615. The summed E-state index contributed by atoms with van der Waals surface area (Å²) in [7, 11) is 0. The molecule has 5 heteroatoms. The molecular weight excluding hydrogens is 322 g/mol. The number of alkyl halides is 1. The van der Waals surface area contributed by atoms with Crippen LogP contribution in [0.1, 0.15) is 30.2 Å². The highest BCUT2D eigenvalue weighted by Crippen LogP contribution is 2.42. The molecule has 2 heterocycles. The maximum atomic E-state index is 12.7. The van der Waals surface area contributed by atoms with Gasteiger partial charge in [-0.2, -0.15) is 0 Å². The summed E-state index contributed by atoms with van der Waals surface area (Å²) in [4.78, 5) is 26.2. The van der Waals surface area contributed by atoms with E-state index in [1.807, 2.05) is 30.3 Å². The van der Waals surface area contributed by atoms with E-state index < -0.39 is 5.60 Å². The van der Waals surface area contributed by atoms with Gasteiger partial charge in [0.15, 0.2) is 0 Å². The average Bonchev–Trinajstić information content (AvgIpc) is 2.95. The molecule has 2 aliphatic rings. The molecule has 0 unspecified atom stereocenters. The first-order valence-electron chi connectivity index (χ1n) is 6.77. The van der Waals surface area contributed by atoms with E-state index in [1.54, 1.807) is 11.8 Å². The number of carbonyl (C=O) groups excluding carboxylic acids is 2. The fourth-order valence-corrected chi connectivity index (χ4v) is 3.56. The second-order valence-corrected chi connectivity index (χ2v) is 6.37. The molecule has 0 spiro atoms. The zero-order valence-corrected chi connectivity index (χ0v) is 12.8. The van der Waals surface area contributed by atoms with Crippen LogP contribution < -0.4 is 0 Å². The van der Waals surface area contributed by atoms with E-state index in [0.717, 1.165) is 12.0 Å². The van der Waals surface area contributed by atoms with Crippen LogP contribution in [0, 0.1) is 0 Å². The highest BCUT2D eigenvalue weighted by molar-refractivity contribution is 9.09. The van der Waals surface area contributed by atoms with Gasteiger partial charge in [0.1, 0.15) is 6.04 Å². The number of amides is 1. The molecule has 1 aromatic rings. The molecule has 0 radical (unpaired) electrons. The second-order valence-electron chi connectivity index (χ2n) is 5.46. The lowest BCUT2D eigenvalue weighted by Gasteiger charge is -2.42. The lowest BCUT2D eigenvalue weighted by atomic mass is 9.92. The second kappa shape index (κ2) is 4.88. The number of carbonyl (C=O) groups is 2. The summed E-state index contributed by atoms with van der Waals surface area (Å²) in [5, 5.41) is 0. The lowest BCUT2D eigenvalue weighted by Crippen LogP contribution is -2.61. The summed E-state index contributed by atoms with van der Waals surface area (Å²) in [5.74, 6) is -0.393. The number of cyclic esters (lactones) is 1. The van der Waals surface area contributed by atoms with Gasteiger partial charge in [0.25, 0.3) is 5.91 Å². The summed E-state index contributed by atoms with van der Waals surface area (Å²) in [6, 6.07) is 9.17. The van der Waals surface area contributed by atoms with Crippen LogP contribution in [-0.2, 0) is 14.3 Å². The summed E-state index contributed by atoms with van der Waals surface area (Å²) >= 11 is 3.54. The Labute approximate surface area is 126 Å². The van der Waals surface area contributed by atoms with Crippen LogP contribution in [0.2, 0.25) is 0 Å². The van der Waals surface area contributed by atoms with Gasteiger partial charge in [-0.05, 0) is 25.3 Å². The van der Waals surface area contributed by atoms with E-state index in [0.29, 0.717) is 13.0 Å². The Hall–Kier alpha value is -1.36. The molecule has 2 saturated heterocycles. The Morgan fingerprint density at radius 3 is 2.75 bits per heavy atom. The molecule has 0 aromatic heterocycles. The molecule has 3 atom stereocenters. The zero-order chi connectivity index (χ0) is 14.3. The molecule has 4 nitrogen and oxygen atoms in total. The van der Waals surface area contributed by atoms with E-state index in [2.05, 4.69) is 15.9 Å². The number of rotatable bonds is 2. The number of esters is 1. The smallest absolute Gasteiger partial charge is 0.329 e. The maximum Gasteiger partial charge on any atom is 0.329 e. The van der Waals surface area contributed by atoms with Crippen molar-refractivity contribution in [1.82, 2.24) is 4.90 Å². The predicted molar refractivity (Wildman–Crippen MR) is 77.3 cm³/mol. The van der Waals surface area contributed by atoms with E-state index in [1.165, 1.54) is 0 Å². The first kappa shape index (κ1) is 13.6. The van der Waals surface area contributed by atoms with Crippen molar-refractivity contribution in [3.05, 3.63) is 35.9 Å². The summed E-state index contributed by atoms with van der Waals surface area (Å²) in [5.41, 5.74) is -0.256. The number of fused-ring (bicyclic) bond motifs is 1. The van der Waals surface area contributed by atoms with Crippen LogP contribution in [0.3, 0.4) is 0 Å². The van der Waals surface area contributed by atoms with Crippen molar-refractivity contribution in [2.24, 2.45) is 0 Å². The van der Waals surface area contributed by atoms with E-state index in [-0.39, 0.29) is 22.7 Å². The molecule has 20 heavy (non-hydrogen) atoms. The van der Waals surface area contributed by atoms with Crippen molar-refractivity contribution in [2.75, 3.05) is 6.54 Å². The van der Waals surface area contributed by atoms with E-state index >= 15 is 0 Å². The van der Waals surface area contributed by atoms with Crippen molar-refractivity contribution >= 4 is 27.8 Å². The third kappa shape index (κ3) is 1.95. The Bertz CT molecular complexity index is 547. The third-order valence-corrected chi connectivity index (χ3v) is 5.50. The summed E-state index contributed by atoms with van der Waals surface area (Å²) in [6.45, 7) is 2.33. The Balaban J connectivity index is 1.94. The number of benzene rings is 1. The Morgan fingerprint density at radius 1 is 1.35 bits per heavy atom. The first-order valence-corrected chi connectivity index (χ1v) is 7.68. The van der Waals surface area contributed by atoms with Crippen molar-refractivity contribution in [3.8, 4) is 0 Å². The maximum absolute atomic E-state index is 12.7. The topological polar surface area (TPSA) is 46.6 Å². The van der Waals surface area contributed by atoms with E-state index in [4.69, 9.17) is 4.74 Å². The third-order valence-electron chi connectivity index (χ3n) is 4.10. The minimum atomic E-state index is -1.18. The van der Waals surface area contributed by atoms with Gasteiger partial charge < -0.3 is 9.64 Å². The lowest BCUT2D eigenvalue weighted by molar-refractivity contribution is -0.188. The van der Waals surface area contributed by atoms with Crippen LogP contribution in [0.15, 0.2) is 30.3 Å². The van der Waals surface area contributed by atoms with Gasteiger partial charge in [0.05, 0.1) is 4.83 Å². The van der Waals surface area contributed by atoms with Gasteiger partial charge in [-0.1, -0.05) is 46.3 Å². The first-order chi connectivity index (χ1) is 9.54. The summed E-state index contributed by atoms with van der Waals surface area (Å²) in [6.07, 6.45) is 1.57. The van der Waals surface area contributed by atoms with Crippen LogP contribution in [-0.4, -0.2) is 35.0 Å². The molecule has 0 N–H and O–H groups in total. The van der Waals surface area contributed by atoms with Crippen molar-refractivity contribution in [3.63, 3.8) is 0 Å². The standard InChI is InChI=1S/C15H16BrNO3/c1-15(12(16)10-6-3-2-4-7-10)14(19)17-9-5-8-11(17)13(18)20-15/h2-4,6-7,11-12H,5,8-9H2,1H3/t11-,12-,15-/m0/s1. The van der Waals surface area contributed by atoms with Gasteiger partial charge in [-0.15, -0.1) is 0 Å². The number of morpholine rings is 1. The predicted octanol–water partition coefficient (Wildman–Crippen LogP) is 2.43. The minimum absolute atomic E-state index is 0.106.